The summed E-state index contributed by atoms with van der Waals surface area (Å²) >= 11 is 0. The Bertz CT molecular complexity index is 6860. The molecule has 5 aromatic heterocycles. The number of aliphatic hydroxyl groups is 4. The molecule has 3 aliphatic heterocycles. The quantitative estimate of drug-likeness (QED) is 0.0211. The summed E-state index contributed by atoms with van der Waals surface area (Å²) in [7, 11) is -8.53. The molecule has 3 fully saturated rings. The summed E-state index contributed by atoms with van der Waals surface area (Å²) in [5.74, 6) is -4.39. The van der Waals surface area contributed by atoms with Gasteiger partial charge in [0.2, 0.25) is 23.8 Å². The third-order valence-electron chi connectivity index (χ3n) is 21.1. The maximum absolute atomic E-state index is 13.1. The lowest BCUT2D eigenvalue weighted by atomic mass is 10.1. The number of benzene rings is 8. The largest absolute Gasteiger partial charge is 0.494 e. The molecule has 0 aliphatic carbocycles. The fourth-order valence-corrected chi connectivity index (χ4v) is 14.6. The highest BCUT2D eigenvalue weighted by Crippen LogP contribution is 2.42. The Hall–Kier alpha value is -15.0. The highest BCUT2D eigenvalue weighted by molar-refractivity contribution is 6.08. The van der Waals surface area contributed by atoms with Crippen LogP contribution in [0.2, 0.25) is 0 Å². The number of hydrogen-bond donors (Lipinski definition) is 8. The Morgan fingerprint density at radius 2 is 0.796 bits per heavy atom. The predicted molar refractivity (Wildman–Crippen MR) is 476 cm³/mol. The lowest BCUT2D eigenvalue weighted by Crippen LogP contribution is -2.41. The number of carbonyl (C=O) groups is 7. The number of anilines is 7. The Kier molecular flexibility index (Phi) is 28.1. The van der Waals surface area contributed by atoms with Gasteiger partial charge in [0.25, 0.3) is 47.4 Å². The highest BCUT2D eigenvalue weighted by Gasteiger charge is 2.36. The SMILES string of the molecule is O=C(Nc1nc2cc(-n3ncccc3=O)ccc2n1CCCO)c1cccc(C(F)(F)F)c1.[2H]C([2H])([2H])Oc1cc2c(cc1N1CCCOC1=O)nc(NC(=O)c1cccc(C(F)(F)F)c1)n2CCCO.[2H]C([2H])([2H])Oc1cc2c(cc1N1CCOCC1=O)nc(NC(=O)c1cccc(C(F)(F)F)c1)n2CCCO.[2H]C([2H])([2H])Oc1cc2c(cc1N1CCOCC1=O)nc(NC(=O)c1cccc(C(F)F)c1)n2CCCO. The van der Waals surface area contributed by atoms with Crippen LogP contribution in [0.15, 0.2) is 175 Å². The molecule has 722 valence electrons. The first-order chi connectivity index (χ1) is 69.1. The van der Waals surface area contributed by atoms with E-state index in [0.29, 0.717) is 70.3 Å². The molecular weight excluding hydrogens is 1830 g/mol. The van der Waals surface area contributed by atoms with Crippen LogP contribution in [0.5, 0.6) is 17.2 Å². The minimum atomic E-state index is -4.64. The molecule has 46 heteroatoms. The maximum atomic E-state index is 13.1. The van der Waals surface area contributed by atoms with Gasteiger partial charge in [0, 0.05) is 131 Å². The molecule has 0 bridgehead atoms. The number of hydrogen-bond acceptors (Lipinski definition) is 23. The van der Waals surface area contributed by atoms with Crippen molar-refractivity contribution in [3.8, 4) is 22.9 Å². The fraction of sp³-hybridized carbons (Fsp3) is 0.308. The molecule has 0 unspecified atom stereocenters. The molecule has 35 nitrogen and oxygen atoms in total. The summed E-state index contributed by atoms with van der Waals surface area (Å²) in [6, 6.07) is 33.1. The van der Waals surface area contributed by atoms with E-state index in [0.717, 1.165) is 48.5 Å². The zero-order chi connectivity index (χ0) is 106. The van der Waals surface area contributed by atoms with Gasteiger partial charge in [0.1, 0.15) is 30.5 Å². The summed E-state index contributed by atoms with van der Waals surface area (Å²) in [5.41, 5.74) is -0.645. The summed E-state index contributed by atoms with van der Waals surface area (Å²) in [6.07, 6.45) is -14.3. The van der Waals surface area contributed by atoms with Crippen LogP contribution in [-0.4, -0.2) is 210 Å². The number of alkyl halides is 11. The van der Waals surface area contributed by atoms with E-state index in [-0.39, 0.29) is 221 Å². The molecule has 13 aromatic rings. The average Bonchev–Trinajstić information content (AvgIpc) is 1.61. The average molecular weight is 1930 g/mol. The number of aromatic nitrogens is 10. The van der Waals surface area contributed by atoms with E-state index in [9.17, 15) is 107 Å². The molecule has 16 rings (SSSR count). The van der Waals surface area contributed by atoms with Gasteiger partial charge in [-0.3, -0.25) is 59.7 Å². The van der Waals surface area contributed by atoms with Crippen molar-refractivity contribution in [2.24, 2.45) is 0 Å². The monoisotopic (exact) mass is 1920 g/mol. The second kappa shape index (κ2) is 44.0. The third-order valence-corrected chi connectivity index (χ3v) is 21.1. The molecule has 0 radical (unpaired) electrons. The first-order valence-electron chi connectivity index (χ1n) is 46.1. The Labute approximate surface area is 782 Å². The summed E-state index contributed by atoms with van der Waals surface area (Å²) in [5, 5.41) is 51.5. The van der Waals surface area contributed by atoms with E-state index >= 15 is 0 Å². The van der Waals surface area contributed by atoms with E-state index in [2.05, 4.69) is 46.3 Å². The number of imidazole rings is 4. The van der Waals surface area contributed by atoms with Crippen molar-refractivity contribution in [3.63, 3.8) is 0 Å². The Morgan fingerprint density at radius 1 is 0.431 bits per heavy atom. The van der Waals surface area contributed by atoms with E-state index in [1.807, 2.05) is 0 Å². The first-order valence-corrected chi connectivity index (χ1v) is 41.6. The van der Waals surface area contributed by atoms with E-state index in [4.69, 9.17) is 40.8 Å². The molecule has 3 saturated heterocycles. The zero-order valence-corrected chi connectivity index (χ0v) is 71.6. The van der Waals surface area contributed by atoms with Crippen LogP contribution in [0.1, 0.15) is 115 Å². The zero-order valence-electron chi connectivity index (χ0n) is 80.6. The van der Waals surface area contributed by atoms with Crippen molar-refractivity contribution >= 4 is 127 Å². The summed E-state index contributed by atoms with van der Waals surface area (Å²) in [6.45, 7) is 0.754. The van der Waals surface area contributed by atoms with Gasteiger partial charge in [-0.2, -0.15) is 49.3 Å². The first kappa shape index (κ1) is 87.3. The van der Waals surface area contributed by atoms with E-state index in [1.165, 1.54) is 124 Å². The van der Waals surface area contributed by atoms with Gasteiger partial charge in [-0.05, 0) is 141 Å². The number of carbonyl (C=O) groups excluding carboxylic acids is 7. The normalized spacial score (nSPS) is 14.9. The lowest BCUT2D eigenvalue weighted by Gasteiger charge is -2.28. The number of methoxy groups -OCH3 is 3. The number of morpholine rings is 2. The Morgan fingerprint density at radius 3 is 1.15 bits per heavy atom. The van der Waals surface area contributed by atoms with Crippen LogP contribution in [0.4, 0.5) is 93.9 Å². The van der Waals surface area contributed by atoms with E-state index in [1.54, 1.807) is 22.8 Å². The molecule has 8 N–H and O–H groups in total. The number of rotatable bonds is 28. The molecular formula is C91H88F11N17O18. The van der Waals surface area contributed by atoms with Crippen LogP contribution in [0.25, 0.3) is 49.8 Å². The number of nitrogens with zero attached hydrogens (tertiary/aromatic N) is 13. The van der Waals surface area contributed by atoms with Crippen molar-refractivity contribution in [2.75, 3.05) is 136 Å². The van der Waals surface area contributed by atoms with Crippen LogP contribution < -0.4 is 55.7 Å². The van der Waals surface area contributed by atoms with Gasteiger partial charge in [-0.15, -0.1) is 0 Å². The molecule has 8 aromatic carbocycles. The van der Waals surface area contributed by atoms with Crippen molar-refractivity contribution < 1.29 is 143 Å². The minimum Gasteiger partial charge on any atom is -0.494 e. The van der Waals surface area contributed by atoms with Crippen LogP contribution in [0.3, 0.4) is 0 Å². The van der Waals surface area contributed by atoms with Crippen LogP contribution >= 0.6 is 0 Å². The van der Waals surface area contributed by atoms with Crippen molar-refractivity contribution in [1.29, 1.82) is 0 Å². The molecule has 8 heterocycles. The number of halogens is 11. The molecule has 137 heavy (non-hydrogen) atoms. The lowest BCUT2D eigenvalue weighted by molar-refractivity contribution is -0.138. The van der Waals surface area contributed by atoms with Gasteiger partial charge >= 0.3 is 24.6 Å². The van der Waals surface area contributed by atoms with Crippen LogP contribution in [0, 0.1) is 0 Å². The topological polar surface area (TPSA) is 420 Å². The second-order valence-electron chi connectivity index (χ2n) is 30.1. The number of amides is 7. The van der Waals surface area contributed by atoms with Gasteiger partial charge in [-0.25, -0.2) is 33.5 Å². The molecule has 0 saturated carbocycles. The second-order valence-corrected chi connectivity index (χ2v) is 30.1. The molecule has 0 spiro atoms. The van der Waals surface area contributed by atoms with Crippen molar-refractivity contribution in [2.45, 2.75) is 83.2 Å². The van der Waals surface area contributed by atoms with Crippen molar-refractivity contribution in [1.82, 2.24) is 48.0 Å². The number of ether oxygens (including phenoxy) is 6. The summed E-state index contributed by atoms with van der Waals surface area (Å²) < 4.78 is 250. The molecule has 7 amide bonds. The van der Waals surface area contributed by atoms with E-state index < -0.39 is 104 Å². The third kappa shape index (κ3) is 23.5. The van der Waals surface area contributed by atoms with Gasteiger partial charge < -0.3 is 76.9 Å². The minimum absolute atomic E-state index is 0.00964. The van der Waals surface area contributed by atoms with Gasteiger partial charge in [-0.1, -0.05) is 30.3 Å². The fourth-order valence-electron chi connectivity index (χ4n) is 14.6. The summed E-state index contributed by atoms with van der Waals surface area (Å²) in [4.78, 5) is 122. The molecule has 0 atom stereocenters. The standard InChI is InChI=1S/2C23H23F3N4O5.C23H24F2N4O5.C22H18F3N5O3/c1-34-19-13-17-16(12-18(19)30-8-4-10-35-22(30)33)27-21(29(17)7-3-9-31)28-20(32)14-5-2-6-15(11-14)23(24,25)26;1-34-19-12-17-16(11-18(19)29-7-9-35-13-20(29)32)27-22(30(17)6-3-8-31)28-21(33)14-4-2-5-15(10-14)23(24,25)26;1-33-19-12-17-16(11-18(19)28-7-9-34-13-20(28)31)26-23(29(17)6-3-8-30)27-22(32)15-5-2-4-14(10-15)21(24)25;23-22(24,25)15-5-1-4-14(12-15)20(33)28-21-27-17-13-16(30-19(32)6-2-9-26-30)7-8-18(17)29(21)10-3-11-31/h2,5-6,11-13,31H,3-4,7-10H2,1H3,(H,27,28,32);2,4-5,10-12,31H,3,6-9,13H2,1H3,(H,27,28,33);2,4-5,10-12,21,30H,3,6-9,13H2,1H3,(H,26,27,32);1-2,4-9,12-13,31H,3,10-11H2,(H,27,28,33)/i3*1D3;. The highest BCUT2D eigenvalue weighted by atomic mass is 19.4. The number of fused-ring (bicyclic) bond motifs is 4. The predicted octanol–water partition coefficient (Wildman–Crippen LogP) is 13.3. The molecule has 3 aliphatic rings. The number of cyclic esters (lactones) is 1. The van der Waals surface area contributed by atoms with Gasteiger partial charge in [0.05, 0.1) is 137 Å². The van der Waals surface area contributed by atoms with Crippen molar-refractivity contribution in [3.05, 3.63) is 225 Å². The number of aliphatic hydroxyl groups excluding tert-OH is 4. The number of aryl methyl sites for hydroxylation is 4. The Balaban J connectivity index is 0.000000163. The maximum Gasteiger partial charge on any atom is 0.416 e. The smallest absolute Gasteiger partial charge is 0.416 e. The van der Waals surface area contributed by atoms with Gasteiger partial charge in [0.15, 0.2) is 0 Å². The number of nitrogens with one attached hydrogen (secondary N) is 4. The van der Waals surface area contributed by atoms with Crippen LogP contribution in [-0.2, 0) is 68.5 Å².